The summed E-state index contributed by atoms with van der Waals surface area (Å²) in [5.41, 5.74) is 10.4. The van der Waals surface area contributed by atoms with Crippen molar-refractivity contribution in [3.8, 4) is 11.1 Å². The maximum atomic E-state index is 2.44. The number of hydrogen-bond acceptors (Lipinski definition) is 0. The number of hydrogen-bond donors (Lipinski definition) is 0. The van der Waals surface area contributed by atoms with Crippen molar-refractivity contribution in [2.24, 2.45) is 0 Å². The molecule has 0 fully saturated rings. The Morgan fingerprint density at radius 1 is 0.741 bits per heavy atom. The maximum Gasteiger partial charge on any atom is 0.0105 e. The molecule has 0 heteroatoms. The average Bonchev–Trinajstić information content (AvgIpc) is 2.99. The number of rotatable bonds is 4. The van der Waals surface area contributed by atoms with E-state index in [1.54, 1.807) is 0 Å². The van der Waals surface area contributed by atoms with Gasteiger partial charge in [-0.15, -0.1) is 0 Å². The van der Waals surface area contributed by atoms with Crippen molar-refractivity contribution >= 4 is 0 Å². The molecular weight excluding hydrogens is 324 g/mol. The lowest BCUT2D eigenvalue weighted by atomic mass is 9.84. The monoisotopic (exact) mass is 354 g/mol. The molecule has 0 radical (unpaired) electrons. The van der Waals surface area contributed by atoms with E-state index in [0.29, 0.717) is 5.92 Å². The second-order valence-corrected chi connectivity index (χ2v) is 8.90. The predicted octanol–water partition coefficient (Wildman–Crippen LogP) is 7.29. The molecule has 0 spiro atoms. The lowest BCUT2D eigenvalue weighted by Gasteiger charge is -2.21. The number of fused-ring (bicyclic) bond motifs is 3. The lowest BCUT2D eigenvalue weighted by Crippen LogP contribution is -2.11. The molecule has 0 saturated carbocycles. The molecule has 0 heterocycles. The first-order valence-corrected chi connectivity index (χ1v) is 10.3. The first-order chi connectivity index (χ1) is 13.0. The summed E-state index contributed by atoms with van der Waals surface area (Å²) in [5.74, 6) is 0.510. The van der Waals surface area contributed by atoms with Crippen LogP contribution >= 0.6 is 0 Å². The zero-order valence-electron chi connectivity index (χ0n) is 17.0. The summed E-state index contributed by atoms with van der Waals surface area (Å²) in [5, 5.41) is 0. The second-order valence-electron chi connectivity index (χ2n) is 8.90. The zero-order valence-corrected chi connectivity index (χ0v) is 17.0. The SMILES string of the molecule is CCc1cccc(CCC2c3ccccc3-c3cc(C(C)(C)C)ccc32)c1. The van der Waals surface area contributed by atoms with Crippen LogP contribution in [-0.4, -0.2) is 0 Å². The maximum absolute atomic E-state index is 2.44. The van der Waals surface area contributed by atoms with Gasteiger partial charge in [0.2, 0.25) is 0 Å². The molecule has 1 aliphatic rings. The second kappa shape index (κ2) is 7.00. The van der Waals surface area contributed by atoms with Crippen molar-refractivity contribution in [1.29, 1.82) is 0 Å². The van der Waals surface area contributed by atoms with Crippen LogP contribution < -0.4 is 0 Å². The van der Waals surface area contributed by atoms with Crippen LogP contribution in [0.4, 0.5) is 0 Å². The molecule has 0 aromatic heterocycles. The van der Waals surface area contributed by atoms with E-state index >= 15 is 0 Å². The molecular formula is C27H30. The molecule has 0 amide bonds. The van der Waals surface area contributed by atoms with Crippen LogP contribution in [0.3, 0.4) is 0 Å². The average molecular weight is 355 g/mol. The minimum absolute atomic E-state index is 0.183. The topological polar surface area (TPSA) is 0 Å². The Labute approximate surface area is 164 Å². The summed E-state index contributed by atoms with van der Waals surface area (Å²) in [4.78, 5) is 0. The normalized spacial score (nSPS) is 15.5. The summed E-state index contributed by atoms with van der Waals surface area (Å²) in [6, 6.07) is 25.3. The van der Waals surface area contributed by atoms with E-state index < -0.39 is 0 Å². The number of benzene rings is 3. The lowest BCUT2D eigenvalue weighted by molar-refractivity contribution is 0.590. The van der Waals surface area contributed by atoms with Crippen LogP contribution in [-0.2, 0) is 18.3 Å². The van der Waals surface area contributed by atoms with Crippen LogP contribution in [0, 0.1) is 0 Å². The van der Waals surface area contributed by atoms with E-state index in [1.807, 2.05) is 0 Å². The summed E-state index contributed by atoms with van der Waals surface area (Å²) in [6.45, 7) is 9.13. The Balaban J connectivity index is 1.68. The number of aryl methyl sites for hydroxylation is 2. The minimum atomic E-state index is 0.183. The highest BCUT2D eigenvalue weighted by Gasteiger charge is 2.29. The van der Waals surface area contributed by atoms with E-state index in [-0.39, 0.29) is 5.41 Å². The van der Waals surface area contributed by atoms with Gasteiger partial charge in [-0.25, -0.2) is 0 Å². The van der Waals surface area contributed by atoms with E-state index in [1.165, 1.54) is 45.4 Å². The van der Waals surface area contributed by atoms with Crippen molar-refractivity contribution in [3.63, 3.8) is 0 Å². The summed E-state index contributed by atoms with van der Waals surface area (Å²) < 4.78 is 0. The molecule has 138 valence electrons. The van der Waals surface area contributed by atoms with Gasteiger partial charge in [-0.3, -0.25) is 0 Å². The zero-order chi connectivity index (χ0) is 19.0. The minimum Gasteiger partial charge on any atom is -0.0619 e. The smallest absolute Gasteiger partial charge is 0.0105 e. The van der Waals surface area contributed by atoms with Crippen LogP contribution in [0.5, 0.6) is 0 Å². The Morgan fingerprint density at radius 2 is 1.48 bits per heavy atom. The molecule has 0 bridgehead atoms. The van der Waals surface area contributed by atoms with Gasteiger partial charge in [0.15, 0.2) is 0 Å². The highest BCUT2D eigenvalue weighted by atomic mass is 14.3. The van der Waals surface area contributed by atoms with Gasteiger partial charge in [0.1, 0.15) is 0 Å². The van der Waals surface area contributed by atoms with Gasteiger partial charge in [-0.2, -0.15) is 0 Å². The van der Waals surface area contributed by atoms with Crippen LogP contribution in [0.2, 0.25) is 0 Å². The van der Waals surface area contributed by atoms with E-state index in [4.69, 9.17) is 0 Å². The van der Waals surface area contributed by atoms with Crippen LogP contribution in [0.15, 0.2) is 66.7 Å². The van der Waals surface area contributed by atoms with Gasteiger partial charge < -0.3 is 0 Å². The Morgan fingerprint density at radius 3 is 2.26 bits per heavy atom. The molecule has 1 unspecified atom stereocenters. The molecule has 3 aromatic carbocycles. The largest absolute Gasteiger partial charge is 0.0619 e. The highest BCUT2D eigenvalue weighted by Crippen LogP contribution is 2.47. The molecule has 1 atom stereocenters. The molecule has 27 heavy (non-hydrogen) atoms. The predicted molar refractivity (Wildman–Crippen MR) is 117 cm³/mol. The quantitative estimate of drug-likeness (QED) is 0.461. The van der Waals surface area contributed by atoms with Gasteiger partial charge in [0.25, 0.3) is 0 Å². The van der Waals surface area contributed by atoms with Crippen molar-refractivity contribution in [2.75, 3.05) is 0 Å². The van der Waals surface area contributed by atoms with Crippen molar-refractivity contribution in [1.82, 2.24) is 0 Å². The van der Waals surface area contributed by atoms with Crippen molar-refractivity contribution in [2.45, 2.75) is 58.3 Å². The van der Waals surface area contributed by atoms with Gasteiger partial charge >= 0.3 is 0 Å². The summed E-state index contributed by atoms with van der Waals surface area (Å²) >= 11 is 0. The van der Waals surface area contributed by atoms with Crippen LogP contribution in [0.1, 0.15) is 67.9 Å². The molecule has 0 saturated heterocycles. The third kappa shape index (κ3) is 3.46. The molecule has 4 rings (SSSR count). The van der Waals surface area contributed by atoms with E-state index in [0.717, 1.165) is 12.8 Å². The van der Waals surface area contributed by atoms with Crippen LogP contribution in [0.25, 0.3) is 11.1 Å². The molecule has 0 nitrogen and oxygen atoms in total. The molecule has 1 aliphatic carbocycles. The Bertz CT molecular complexity index is 956. The van der Waals surface area contributed by atoms with Gasteiger partial charge in [0, 0.05) is 5.92 Å². The highest BCUT2D eigenvalue weighted by molar-refractivity contribution is 5.79. The van der Waals surface area contributed by atoms with E-state index in [2.05, 4.69) is 94.4 Å². The van der Waals surface area contributed by atoms with E-state index in [9.17, 15) is 0 Å². The Hall–Kier alpha value is -2.34. The fourth-order valence-electron chi connectivity index (χ4n) is 4.40. The Kier molecular flexibility index (Phi) is 4.68. The van der Waals surface area contributed by atoms with Gasteiger partial charge in [0.05, 0.1) is 0 Å². The molecule has 0 N–H and O–H groups in total. The fourth-order valence-corrected chi connectivity index (χ4v) is 4.40. The van der Waals surface area contributed by atoms with Gasteiger partial charge in [-0.1, -0.05) is 94.4 Å². The summed E-state index contributed by atoms with van der Waals surface area (Å²) in [6.07, 6.45) is 3.41. The van der Waals surface area contributed by atoms with Crippen molar-refractivity contribution < 1.29 is 0 Å². The fraction of sp³-hybridized carbons (Fsp3) is 0.333. The van der Waals surface area contributed by atoms with Crippen molar-refractivity contribution in [3.05, 3.63) is 94.5 Å². The third-order valence-electron chi connectivity index (χ3n) is 6.04. The molecule has 0 aliphatic heterocycles. The first-order valence-electron chi connectivity index (χ1n) is 10.3. The summed E-state index contributed by atoms with van der Waals surface area (Å²) in [7, 11) is 0. The first kappa shape index (κ1) is 18.0. The molecule has 3 aromatic rings. The van der Waals surface area contributed by atoms with Gasteiger partial charge in [-0.05, 0) is 63.6 Å². The third-order valence-corrected chi connectivity index (χ3v) is 6.04. The standard InChI is InChI=1S/C27H30/c1-5-19-9-8-10-20(17-19)13-15-24-22-11-6-7-12-23(22)26-18-21(27(2,3)4)14-16-25(24)26/h6-12,14,16-18,24H,5,13,15H2,1-4H3.